The van der Waals surface area contributed by atoms with Crippen molar-refractivity contribution in [2.75, 3.05) is 13.9 Å². The number of hydrogen-bond acceptors (Lipinski definition) is 5. The summed E-state index contributed by atoms with van der Waals surface area (Å²) in [7, 11) is 1.61. The minimum Gasteiger partial charge on any atom is -0.496 e. The lowest BCUT2D eigenvalue weighted by Gasteiger charge is -2.07. The van der Waals surface area contributed by atoms with Gasteiger partial charge in [-0.1, -0.05) is 23.7 Å². The van der Waals surface area contributed by atoms with Crippen molar-refractivity contribution in [1.29, 1.82) is 0 Å². The number of rotatable bonds is 5. The van der Waals surface area contributed by atoms with Gasteiger partial charge in [-0.25, -0.2) is 0 Å². The number of para-hydroxylation sites is 1. The van der Waals surface area contributed by atoms with E-state index in [0.29, 0.717) is 33.8 Å². The van der Waals surface area contributed by atoms with Gasteiger partial charge in [-0.05, 0) is 42.5 Å². The smallest absolute Gasteiger partial charge is 0.231 e. The third kappa shape index (κ3) is 3.83. The Balaban J connectivity index is 1.51. The summed E-state index contributed by atoms with van der Waals surface area (Å²) in [5, 5.41) is 0.564. The van der Waals surface area contributed by atoms with Crippen LogP contribution < -0.4 is 18.9 Å². The highest BCUT2D eigenvalue weighted by Gasteiger charge is 2.16. The minimum absolute atomic E-state index is 0.214. The van der Waals surface area contributed by atoms with E-state index < -0.39 is 0 Å². The maximum Gasteiger partial charge on any atom is 0.231 e. The van der Waals surface area contributed by atoms with Gasteiger partial charge in [0.2, 0.25) is 6.79 Å². The molecule has 1 heterocycles. The van der Waals surface area contributed by atoms with Crippen molar-refractivity contribution in [2.45, 2.75) is 0 Å². The van der Waals surface area contributed by atoms with Crippen LogP contribution in [0.5, 0.6) is 28.7 Å². The van der Waals surface area contributed by atoms with Crippen molar-refractivity contribution >= 4 is 23.5 Å². The normalized spacial score (nSPS) is 12.4. The Hall–Kier alpha value is -3.18. The number of aliphatic imine (C=N–C) groups is 1. The third-order valence-corrected chi connectivity index (χ3v) is 4.29. The zero-order valence-corrected chi connectivity index (χ0v) is 15.3. The second-order valence-corrected chi connectivity index (χ2v) is 6.14. The summed E-state index contributed by atoms with van der Waals surface area (Å²) in [6, 6.07) is 18.4. The number of fused-ring (bicyclic) bond motifs is 1. The quantitative estimate of drug-likeness (QED) is 0.538. The van der Waals surface area contributed by atoms with Gasteiger partial charge in [0, 0.05) is 17.8 Å². The molecule has 3 aromatic carbocycles. The molecule has 5 nitrogen and oxygen atoms in total. The first-order valence-corrected chi connectivity index (χ1v) is 8.65. The summed E-state index contributed by atoms with van der Waals surface area (Å²) in [6.07, 6.45) is 1.73. The molecule has 0 bridgehead atoms. The molecule has 0 aromatic heterocycles. The van der Waals surface area contributed by atoms with Crippen molar-refractivity contribution in [2.24, 2.45) is 4.99 Å². The maximum absolute atomic E-state index is 6.11. The minimum atomic E-state index is 0.214. The van der Waals surface area contributed by atoms with Crippen LogP contribution in [0.2, 0.25) is 5.02 Å². The van der Waals surface area contributed by atoms with Gasteiger partial charge in [0.1, 0.15) is 17.2 Å². The van der Waals surface area contributed by atoms with Crippen LogP contribution in [-0.2, 0) is 0 Å². The fourth-order valence-corrected chi connectivity index (χ4v) is 2.79. The molecule has 0 radical (unpaired) electrons. The predicted molar refractivity (Wildman–Crippen MR) is 104 cm³/mol. The zero-order valence-electron chi connectivity index (χ0n) is 14.5. The molecular weight excluding hydrogens is 366 g/mol. The molecule has 0 saturated heterocycles. The Bertz CT molecular complexity index is 986. The van der Waals surface area contributed by atoms with E-state index in [4.69, 9.17) is 30.5 Å². The monoisotopic (exact) mass is 381 g/mol. The molecule has 0 unspecified atom stereocenters. The SMILES string of the molecule is COc1cc2c(cc1C=Nc1ccc(Oc3ccccc3Cl)cc1)OCO2. The Morgan fingerprint density at radius 1 is 0.963 bits per heavy atom. The summed E-state index contributed by atoms with van der Waals surface area (Å²) in [5.41, 5.74) is 1.58. The fourth-order valence-electron chi connectivity index (χ4n) is 2.62. The molecule has 136 valence electrons. The van der Waals surface area contributed by atoms with E-state index in [1.807, 2.05) is 48.5 Å². The van der Waals surface area contributed by atoms with Gasteiger partial charge in [-0.3, -0.25) is 4.99 Å². The number of methoxy groups -OCH3 is 1. The van der Waals surface area contributed by atoms with Crippen molar-refractivity contribution in [1.82, 2.24) is 0 Å². The van der Waals surface area contributed by atoms with Crippen molar-refractivity contribution in [3.63, 3.8) is 0 Å². The molecule has 0 N–H and O–H groups in total. The molecule has 6 heteroatoms. The molecule has 1 aliphatic heterocycles. The second-order valence-electron chi connectivity index (χ2n) is 5.73. The highest BCUT2D eigenvalue weighted by atomic mass is 35.5. The molecule has 3 aromatic rings. The highest BCUT2D eigenvalue weighted by molar-refractivity contribution is 6.32. The molecule has 0 fully saturated rings. The predicted octanol–water partition coefficient (Wildman–Crippen LogP) is 5.62. The van der Waals surface area contributed by atoms with E-state index >= 15 is 0 Å². The molecule has 0 spiro atoms. The van der Waals surface area contributed by atoms with Crippen molar-refractivity contribution in [3.8, 4) is 28.7 Å². The molecule has 27 heavy (non-hydrogen) atoms. The van der Waals surface area contributed by atoms with Crippen LogP contribution in [0, 0.1) is 0 Å². The van der Waals surface area contributed by atoms with Crippen LogP contribution in [0.15, 0.2) is 65.7 Å². The van der Waals surface area contributed by atoms with E-state index in [0.717, 1.165) is 11.3 Å². The lowest BCUT2D eigenvalue weighted by atomic mass is 10.2. The van der Waals surface area contributed by atoms with E-state index in [2.05, 4.69) is 4.99 Å². The first kappa shape index (κ1) is 17.2. The van der Waals surface area contributed by atoms with E-state index in [-0.39, 0.29) is 6.79 Å². The second kappa shape index (κ2) is 7.60. The Morgan fingerprint density at radius 2 is 1.70 bits per heavy atom. The maximum atomic E-state index is 6.11. The average Bonchev–Trinajstić information content (AvgIpc) is 3.15. The molecule has 0 aliphatic carbocycles. The summed E-state index contributed by atoms with van der Waals surface area (Å²) < 4.78 is 21.9. The van der Waals surface area contributed by atoms with Gasteiger partial charge in [-0.2, -0.15) is 0 Å². The zero-order chi connectivity index (χ0) is 18.6. The van der Waals surface area contributed by atoms with Crippen LogP contribution >= 0.6 is 11.6 Å². The first-order chi connectivity index (χ1) is 13.2. The van der Waals surface area contributed by atoms with E-state index in [9.17, 15) is 0 Å². The third-order valence-electron chi connectivity index (χ3n) is 3.98. The summed E-state index contributed by atoms with van der Waals surface area (Å²) in [6.45, 7) is 0.214. The Labute approximate surface area is 161 Å². The lowest BCUT2D eigenvalue weighted by Crippen LogP contribution is -1.92. The number of hydrogen-bond donors (Lipinski definition) is 0. The average molecular weight is 382 g/mol. The van der Waals surface area contributed by atoms with Crippen LogP contribution in [-0.4, -0.2) is 20.1 Å². The molecule has 4 rings (SSSR count). The number of benzene rings is 3. The van der Waals surface area contributed by atoms with E-state index in [1.165, 1.54) is 0 Å². The van der Waals surface area contributed by atoms with Gasteiger partial charge in [0.05, 0.1) is 17.8 Å². The summed E-state index contributed by atoms with van der Waals surface area (Å²) >= 11 is 6.11. The Kier molecular flexibility index (Phi) is 4.85. The van der Waals surface area contributed by atoms with Crippen molar-refractivity contribution < 1.29 is 18.9 Å². The van der Waals surface area contributed by atoms with Gasteiger partial charge in [0.25, 0.3) is 0 Å². The van der Waals surface area contributed by atoms with E-state index in [1.54, 1.807) is 25.5 Å². The van der Waals surface area contributed by atoms with Gasteiger partial charge in [-0.15, -0.1) is 0 Å². The van der Waals surface area contributed by atoms with Crippen LogP contribution in [0.3, 0.4) is 0 Å². The fraction of sp³-hybridized carbons (Fsp3) is 0.0952. The molecule has 1 aliphatic rings. The largest absolute Gasteiger partial charge is 0.496 e. The van der Waals surface area contributed by atoms with Gasteiger partial charge >= 0.3 is 0 Å². The Morgan fingerprint density at radius 3 is 2.44 bits per heavy atom. The molecule has 0 amide bonds. The molecule has 0 atom stereocenters. The highest BCUT2D eigenvalue weighted by Crippen LogP contribution is 2.37. The topological polar surface area (TPSA) is 49.3 Å². The molecule has 0 saturated carbocycles. The van der Waals surface area contributed by atoms with Crippen LogP contribution in [0.1, 0.15) is 5.56 Å². The van der Waals surface area contributed by atoms with Crippen LogP contribution in [0.4, 0.5) is 5.69 Å². The lowest BCUT2D eigenvalue weighted by molar-refractivity contribution is 0.174. The van der Waals surface area contributed by atoms with Gasteiger partial charge in [0.15, 0.2) is 11.5 Å². The van der Waals surface area contributed by atoms with Crippen molar-refractivity contribution in [3.05, 3.63) is 71.2 Å². The first-order valence-electron chi connectivity index (χ1n) is 8.27. The standard InChI is InChI=1S/C21H16ClNO4/c1-24-19-11-21-20(25-13-26-21)10-14(19)12-23-15-6-8-16(9-7-15)27-18-5-3-2-4-17(18)22/h2-12H,13H2,1H3. The van der Waals surface area contributed by atoms with Gasteiger partial charge < -0.3 is 18.9 Å². The number of nitrogens with zero attached hydrogens (tertiary/aromatic N) is 1. The van der Waals surface area contributed by atoms with Crippen LogP contribution in [0.25, 0.3) is 0 Å². The number of halogens is 1. The summed E-state index contributed by atoms with van der Waals surface area (Å²) in [5.74, 6) is 3.32. The number of ether oxygens (including phenoxy) is 4. The molecular formula is C21H16ClNO4. The summed E-state index contributed by atoms with van der Waals surface area (Å²) in [4.78, 5) is 4.49.